The Hall–Kier alpha value is -0.703. The molecule has 0 spiro atoms. The average Bonchev–Trinajstić information content (AvgIpc) is 2.87. The van der Waals surface area contributed by atoms with Crippen molar-refractivity contribution in [3.05, 3.63) is 60.7 Å². The first-order valence-corrected chi connectivity index (χ1v) is 11.2. The Morgan fingerprint density at radius 1 is 0.900 bits per heavy atom. The number of alkyl halides is 1. The van der Waals surface area contributed by atoms with Crippen LogP contribution in [-0.2, 0) is 0 Å². The van der Waals surface area contributed by atoms with Crippen molar-refractivity contribution in [1.82, 2.24) is 0 Å². The lowest BCUT2D eigenvalue weighted by atomic mass is 10.4. The SMILES string of the molecule is CS[C@@H]1C[Si](c2ccccc2)(c2ccccc2)C[C@H]1Cl. The zero-order chi connectivity index (χ0) is 14.0. The van der Waals surface area contributed by atoms with Gasteiger partial charge in [0.1, 0.15) is 8.07 Å². The predicted octanol–water partition coefficient (Wildman–Crippen LogP) is 3.60. The summed E-state index contributed by atoms with van der Waals surface area (Å²) >= 11 is 8.61. The Morgan fingerprint density at radius 2 is 1.40 bits per heavy atom. The first kappa shape index (κ1) is 14.2. The minimum Gasteiger partial charge on any atom is -0.161 e. The fourth-order valence-corrected chi connectivity index (χ4v) is 11.8. The lowest BCUT2D eigenvalue weighted by molar-refractivity contribution is 0.968. The van der Waals surface area contributed by atoms with Crippen LogP contribution in [0.5, 0.6) is 0 Å². The Morgan fingerprint density at radius 3 is 1.80 bits per heavy atom. The summed E-state index contributed by atoms with van der Waals surface area (Å²) < 4.78 is 0. The van der Waals surface area contributed by atoms with Crippen LogP contribution in [0.2, 0.25) is 12.1 Å². The molecule has 2 aromatic rings. The normalized spacial score (nSPS) is 24.7. The van der Waals surface area contributed by atoms with Crippen LogP contribution in [-0.4, -0.2) is 25.0 Å². The van der Waals surface area contributed by atoms with Gasteiger partial charge in [0.2, 0.25) is 0 Å². The van der Waals surface area contributed by atoms with Crippen LogP contribution in [0.3, 0.4) is 0 Å². The van der Waals surface area contributed by atoms with Crippen molar-refractivity contribution in [2.75, 3.05) is 6.26 Å². The summed E-state index contributed by atoms with van der Waals surface area (Å²) in [5.74, 6) is 0. The van der Waals surface area contributed by atoms with Crippen molar-refractivity contribution in [3.8, 4) is 0 Å². The third-order valence-electron chi connectivity index (χ3n) is 4.45. The van der Waals surface area contributed by atoms with Crippen molar-refractivity contribution in [3.63, 3.8) is 0 Å². The minimum atomic E-state index is -1.68. The number of benzene rings is 2. The molecule has 0 nitrogen and oxygen atoms in total. The maximum Gasteiger partial charge on any atom is 0.120 e. The van der Waals surface area contributed by atoms with E-state index in [1.165, 1.54) is 16.4 Å². The van der Waals surface area contributed by atoms with Crippen LogP contribution >= 0.6 is 23.4 Å². The number of hydrogen-bond donors (Lipinski definition) is 0. The fraction of sp³-hybridized carbons (Fsp3) is 0.294. The Bertz CT molecular complexity index is 518. The molecule has 0 saturated carbocycles. The van der Waals surface area contributed by atoms with Crippen LogP contribution in [0.15, 0.2) is 60.7 Å². The zero-order valence-electron chi connectivity index (χ0n) is 11.6. The van der Waals surface area contributed by atoms with Gasteiger partial charge in [-0.25, -0.2) is 0 Å². The second-order valence-electron chi connectivity index (χ2n) is 5.51. The highest BCUT2D eigenvalue weighted by molar-refractivity contribution is 7.99. The second kappa shape index (κ2) is 5.96. The van der Waals surface area contributed by atoms with E-state index >= 15 is 0 Å². The number of rotatable bonds is 3. The van der Waals surface area contributed by atoms with Crippen molar-refractivity contribution in [2.45, 2.75) is 22.7 Å². The molecule has 1 aliphatic heterocycles. The molecular weight excluding hydrogens is 300 g/mol. The van der Waals surface area contributed by atoms with Gasteiger partial charge in [-0.05, 0) is 18.3 Å². The molecule has 0 aliphatic carbocycles. The molecule has 20 heavy (non-hydrogen) atoms. The molecule has 0 bridgehead atoms. The van der Waals surface area contributed by atoms with E-state index in [0.29, 0.717) is 10.6 Å². The van der Waals surface area contributed by atoms with Crippen LogP contribution in [0.1, 0.15) is 0 Å². The van der Waals surface area contributed by atoms with Crippen LogP contribution < -0.4 is 10.4 Å². The van der Waals surface area contributed by atoms with Gasteiger partial charge in [0.15, 0.2) is 0 Å². The Balaban J connectivity index is 2.10. The molecular formula is C17H19ClSSi. The van der Waals surface area contributed by atoms with E-state index in [-0.39, 0.29) is 0 Å². The summed E-state index contributed by atoms with van der Waals surface area (Å²) in [5.41, 5.74) is 0. The quantitative estimate of drug-likeness (QED) is 0.615. The molecule has 1 saturated heterocycles. The highest BCUT2D eigenvalue weighted by Crippen LogP contribution is 2.39. The minimum absolute atomic E-state index is 0.303. The van der Waals surface area contributed by atoms with Gasteiger partial charge >= 0.3 is 0 Å². The van der Waals surface area contributed by atoms with Gasteiger partial charge in [0.05, 0.1) is 0 Å². The lowest BCUT2D eigenvalue weighted by Gasteiger charge is -2.28. The predicted molar refractivity (Wildman–Crippen MR) is 94.5 cm³/mol. The van der Waals surface area contributed by atoms with E-state index in [1.54, 1.807) is 0 Å². The van der Waals surface area contributed by atoms with Crippen LogP contribution in [0.4, 0.5) is 0 Å². The summed E-state index contributed by atoms with van der Waals surface area (Å²) in [4.78, 5) is 0. The maximum absolute atomic E-state index is 6.68. The van der Waals surface area contributed by atoms with E-state index in [2.05, 4.69) is 66.9 Å². The third-order valence-corrected chi connectivity index (χ3v) is 11.9. The first-order valence-electron chi connectivity index (χ1n) is 7.04. The standard InChI is InChI=1S/C17H19ClSSi/c1-19-17-13-20(12-16(17)18,14-8-4-2-5-9-14)15-10-6-3-7-11-15/h2-11,16-17H,12-13H2,1H3/t16-,17-/m1/s1. The summed E-state index contributed by atoms with van der Waals surface area (Å²) in [6, 6.07) is 24.6. The van der Waals surface area contributed by atoms with Crippen molar-refractivity contribution < 1.29 is 0 Å². The smallest absolute Gasteiger partial charge is 0.120 e. The van der Waals surface area contributed by atoms with Gasteiger partial charge in [-0.2, -0.15) is 11.8 Å². The van der Waals surface area contributed by atoms with E-state index in [4.69, 9.17) is 11.6 Å². The van der Waals surface area contributed by atoms with Crippen molar-refractivity contribution >= 4 is 41.8 Å². The van der Waals surface area contributed by atoms with E-state index in [0.717, 1.165) is 6.04 Å². The van der Waals surface area contributed by atoms with Crippen molar-refractivity contribution in [2.24, 2.45) is 0 Å². The first-order chi connectivity index (χ1) is 9.76. The van der Waals surface area contributed by atoms with E-state index in [1.807, 2.05) is 11.8 Å². The molecule has 104 valence electrons. The van der Waals surface area contributed by atoms with Gasteiger partial charge in [0, 0.05) is 10.6 Å². The molecule has 0 aromatic heterocycles. The fourth-order valence-electron chi connectivity index (χ4n) is 3.40. The van der Waals surface area contributed by atoms with Crippen LogP contribution in [0.25, 0.3) is 0 Å². The third kappa shape index (κ3) is 2.45. The monoisotopic (exact) mass is 318 g/mol. The molecule has 0 N–H and O–H groups in total. The molecule has 2 aromatic carbocycles. The van der Waals surface area contributed by atoms with Gasteiger partial charge < -0.3 is 0 Å². The lowest BCUT2D eigenvalue weighted by Crippen LogP contribution is -2.56. The number of hydrogen-bond acceptors (Lipinski definition) is 1. The largest absolute Gasteiger partial charge is 0.161 e. The van der Waals surface area contributed by atoms with Gasteiger partial charge in [0.25, 0.3) is 0 Å². The summed E-state index contributed by atoms with van der Waals surface area (Å²) in [5, 5.41) is 3.96. The molecule has 0 unspecified atom stereocenters. The Labute approximate surface area is 131 Å². The van der Waals surface area contributed by atoms with Gasteiger partial charge in [-0.15, -0.1) is 11.6 Å². The molecule has 2 atom stereocenters. The molecule has 0 radical (unpaired) electrons. The summed E-state index contributed by atoms with van der Waals surface area (Å²) in [7, 11) is -1.68. The second-order valence-corrected chi connectivity index (χ2v) is 11.3. The van der Waals surface area contributed by atoms with E-state index in [9.17, 15) is 0 Å². The molecule has 3 rings (SSSR count). The zero-order valence-corrected chi connectivity index (χ0v) is 14.2. The molecule has 0 amide bonds. The number of halogens is 1. The molecule has 1 aliphatic rings. The highest BCUT2D eigenvalue weighted by atomic mass is 35.5. The topological polar surface area (TPSA) is 0 Å². The molecule has 1 heterocycles. The molecule has 3 heteroatoms. The van der Waals surface area contributed by atoms with Crippen molar-refractivity contribution in [1.29, 1.82) is 0 Å². The summed E-state index contributed by atoms with van der Waals surface area (Å²) in [6.07, 6.45) is 2.19. The maximum atomic E-state index is 6.68. The van der Waals surface area contributed by atoms with Crippen LogP contribution in [0, 0.1) is 0 Å². The Kier molecular flexibility index (Phi) is 4.25. The van der Waals surface area contributed by atoms with Gasteiger partial charge in [-0.1, -0.05) is 71.0 Å². The van der Waals surface area contributed by atoms with Gasteiger partial charge in [-0.3, -0.25) is 0 Å². The summed E-state index contributed by atoms with van der Waals surface area (Å²) in [6.45, 7) is 0. The number of thioether (sulfide) groups is 1. The molecule has 1 fully saturated rings. The highest BCUT2D eigenvalue weighted by Gasteiger charge is 2.48. The van der Waals surface area contributed by atoms with E-state index < -0.39 is 8.07 Å². The average molecular weight is 319 g/mol.